The zero-order valence-electron chi connectivity index (χ0n) is 23.5. The molecule has 214 valence electrons. The minimum absolute atomic E-state index is 0.00845. The monoisotopic (exact) mass is 570 g/mol. The minimum Gasteiger partial charge on any atom is -0.491 e. The molecule has 2 aromatic heterocycles. The molecule has 0 bridgehead atoms. The lowest BCUT2D eigenvalue weighted by Crippen LogP contribution is -2.58. The maximum atomic E-state index is 12.1. The maximum absolute atomic E-state index is 12.1. The van der Waals surface area contributed by atoms with Gasteiger partial charge in [0.1, 0.15) is 30.0 Å². The molecule has 0 unspecified atom stereocenters. The summed E-state index contributed by atoms with van der Waals surface area (Å²) in [5.74, 6) is 2.47. The number of methoxy groups -OCH3 is 1. The third-order valence-electron chi connectivity index (χ3n) is 7.67. The first-order valence-electron chi connectivity index (χ1n) is 13.3. The Kier molecular flexibility index (Phi) is 7.89. The van der Waals surface area contributed by atoms with Crippen LogP contribution in [0.15, 0.2) is 22.7 Å². The maximum Gasteiger partial charge on any atom is 0.409 e. The first-order chi connectivity index (χ1) is 19.1. The number of aromatic nitrogens is 3. The number of ether oxygens (including phenoxy) is 2. The summed E-state index contributed by atoms with van der Waals surface area (Å²) in [4.78, 5) is 26.0. The molecule has 1 aromatic carbocycles. The van der Waals surface area contributed by atoms with E-state index in [1.54, 1.807) is 30.1 Å². The third-order valence-corrected chi connectivity index (χ3v) is 8.00. The van der Waals surface area contributed by atoms with E-state index in [1.807, 2.05) is 20.8 Å². The molecule has 3 aromatic rings. The molecule has 1 amide bonds. The van der Waals surface area contributed by atoms with Gasteiger partial charge in [0.25, 0.3) is 0 Å². The predicted octanol–water partition coefficient (Wildman–Crippen LogP) is 3.61. The van der Waals surface area contributed by atoms with E-state index >= 15 is 0 Å². The van der Waals surface area contributed by atoms with Crippen LogP contribution < -0.4 is 15.0 Å². The van der Waals surface area contributed by atoms with Gasteiger partial charge in [-0.25, -0.2) is 14.8 Å². The Morgan fingerprint density at radius 3 is 2.70 bits per heavy atom. The van der Waals surface area contributed by atoms with E-state index in [2.05, 4.69) is 15.4 Å². The quantitative estimate of drug-likeness (QED) is 0.414. The molecular weight excluding hydrogens is 536 g/mol. The summed E-state index contributed by atoms with van der Waals surface area (Å²) in [5.41, 5.74) is 3.83. The number of hydrogen-bond acceptors (Lipinski definition) is 10. The fourth-order valence-electron chi connectivity index (χ4n) is 5.64. The lowest BCUT2D eigenvalue weighted by Gasteiger charge is -2.49. The molecule has 0 saturated carbocycles. The summed E-state index contributed by atoms with van der Waals surface area (Å²) in [6, 6.07) is 5.30. The normalized spacial score (nSPS) is 16.8. The van der Waals surface area contributed by atoms with E-state index in [4.69, 9.17) is 35.6 Å². The van der Waals surface area contributed by atoms with Gasteiger partial charge in [-0.05, 0) is 52.4 Å². The van der Waals surface area contributed by atoms with E-state index in [9.17, 15) is 9.90 Å². The molecule has 5 rings (SSSR count). The molecule has 2 aliphatic rings. The number of hydrogen-bond donors (Lipinski definition) is 2. The van der Waals surface area contributed by atoms with Gasteiger partial charge >= 0.3 is 6.09 Å². The van der Waals surface area contributed by atoms with Crippen LogP contribution in [0, 0.1) is 26.2 Å². The summed E-state index contributed by atoms with van der Waals surface area (Å²) < 4.78 is 16.2. The standard InChI is InChI=1S/C28H35ClN6O5/c1-16-24(23-17(2)33-40-18(23)3)31-25(21-10-20(6-7-22(21)29)39-12-19(36)11-30-4)32-26(16)35-14-28(15-35)8-9-34(13-28)27(37)38-5/h6-7,10,19,30,36H,8-9,11-15H2,1-5H3/t19-/m1/s1. The van der Waals surface area contributed by atoms with Crippen molar-refractivity contribution >= 4 is 23.5 Å². The van der Waals surface area contributed by atoms with Crippen LogP contribution in [0.25, 0.3) is 22.6 Å². The van der Waals surface area contributed by atoms with Gasteiger partial charge in [-0.1, -0.05) is 16.8 Å². The van der Waals surface area contributed by atoms with E-state index in [-0.39, 0.29) is 18.1 Å². The predicted molar refractivity (Wildman–Crippen MR) is 151 cm³/mol. The Hall–Kier alpha value is -3.41. The Bertz CT molecular complexity index is 1390. The number of likely N-dealkylation sites (N-methyl/N-ethyl adjacent to an activating group) is 1. The molecule has 2 saturated heterocycles. The van der Waals surface area contributed by atoms with Crippen LogP contribution in [0.3, 0.4) is 0 Å². The molecule has 2 aliphatic heterocycles. The lowest BCUT2D eigenvalue weighted by molar-refractivity contribution is 0.108. The van der Waals surface area contributed by atoms with Crippen molar-refractivity contribution < 1.29 is 23.9 Å². The summed E-state index contributed by atoms with van der Waals surface area (Å²) >= 11 is 6.67. The molecule has 1 atom stereocenters. The Labute approximate surface area is 238 Å². The first-order valence-corrected chi connectivity index (χ1v) is 13.7. The van der Waals surface area contributed by atoms with Crippen LogP contribution >= 0.6 is 11.6 Å². The molecule has 4 heterocycles. The largest absolute Gasteiger partial charge is 0.491 e. The van der Waals surface area contributed by atoms with Gasteiger partial charge < -0.3 is 34.2 Å². The third kappa shape index (κ3) is 5.33. The number of nitrogens with zero attached hydrogens (tertiary/aromatic N) is 5. The van der Waals surface area contributed by atoms with E-state index in [0.29, 0.717) is 47.6 Å². The van der Waals surface area contributed by atoms with Gasteiger partial charge in [0.15, 0.2) is 5.82 Å². The van der Waals surface area contributed by atoms with Crippen molar-refractivity contribution in [3.05, 3.63) is 40.2 Å². The highest BCUT2D eigenvalue weighted by Crippen LogP contribution is 2.44. The van der Waals surface area contributed by atoms with Crippen LogP contribution in [0.4, 0.5) is 10.6 Å². The second kappa shape index (κ2) is 11.2. The number of benzene rings is 1. The van der Waals surface area contributed by atoms with Crippen LogP contribution in [0.5, 0.6) is 5.75 Å². The number of rotatable bonds is 8. The van der Waals surface area contributed by atoms with Gasteiger partial charge in [0, 0.05) is 49.3 Å². The van der Waals surface area contributed by atoms with Crippen molar-refractivity contribution in [1.29, 1.82) is 0 Å². The molecule has 12 heteroatoms. The van der Waals surface area contributed by atoms with Crippen molar-refractivity contribution in [2.75, 3.05) is 58.4 Å². The molecule has 11 nitrogen and oxygen atoms in total. The van der Waals surface area contributed by atoms with Crippen molar-refractivity contribution in [3.63, 3.8) is 0 Å². The highest BCUT2D eigenvalue weighted by atomic mass is 35.5. The number of nitrogens with one attached hydrogen (secondary N) is 1. The van der Waals surface area contributed by atoms with E-state index < -0.39 is 6.10 Å². The van der Waals surface area contributed by atoms with Crippen LogP contribution in [-0.2, 0) is 4.74 Å². The molecular formula is C28H35ClN6O5. The first kappa shape index (κ1) is 28.1. The summed E-state index contributed by atoms with van der Waals surface area (Å²) in [6.07, 6.45) is -0.0228. The number of carbonyl (C=O) groups excluding carboxylic acids is 1. The molecule has 40 heavy (non-hydrogen) atoms. The van der Waals surface area contributed by atoms with Crippen LogP contribution in [-0.4, -0.2) is 90.8 Å². The highest BCUT2D eigenvalue weighted by molar-refractivity contribution is 6.33. The average Bonchev–Trinajstić information content (AvgIpc) is 3.51. The fraction of sp³-hybridized carbons (Fsp3) is 0.500. The fourth-order valence-corrected chi connectivity index (χ4v) is 5.84. The second-order valence-corrected chi connectivity index (χ2v) is 11.1. The Morgan fingerprint density at radius 1 is 1.25 bits per heavy atom. The zero-order chi connectivity index (χ0) is 28.6. The number of likely N-dealkylation sites (tertiary alicyclic amines) is 1. The Morgan fingerprint density at radius 2 is 2.02 bits per heavy atom. The van der Waals surface area contributed by atoms with E-state index in [0.717, 1.165) is 47.8 Å². The minimum atomic E-state index is -0.651. The number of anilines is 1. The summed E-state index contributed by atoms with van der Waals surface area (Å²) in [7, 11) is 3.19. The molecule has 0 aliphatic carbocycles. The lowest BCUT2D eigenvalue weighted by atomic mass is 9.79. The van der Waals surface area contributed by atoms with Crippen molar-refractivity contribution in [1.82, 2.24) is 25.3 Å². The van der Waals surface area contributed by atoms with Crippen LogP contribution in [0.2, 0.25) is 5.02 Å². The van der Waals surface area contributed by atoms with Crippen LogP contribution in [0.1, 0.15) is 23.4 Å². The topological polar surface area (TPSA) is 126 Å². The summed E-state index contributed by atoms with van der Waals surface area (Å²) in [5, 5.41) is 17.6. The smallest absolute Gasteiger partial charge is 0.409 e. The molecule has 2 N–H and O–H groups in total. The SMILES string of the molecule is CNC[C@@H](O)COc1ccc(Cl)c(-c2nc(-c3c(C)noc3C)c(C)c(N3CC4(CCN(C(=O)OC)C4)C3)n2)c1. The Balaban J connectivity index is 1.51. The van der Waals surface area contributed by atoms with E-state index in [1.165, 1.54) is 7.11 Å². The number of carbonyl (C=O) groups is 1. The van der Waals surface area contributed by atoms with Crippen molar-refractivity contribution in [2.24, 2.45) is 5.41 Å². The molecule has 1 spiro atoms. The van der Waals surface area contributed by atoms with Gasteiger partial charge in [-0.15, -0.1) is 0 Å². The average molecular weight is 571 g/mol. The van der Waals surface area contributed by atoms with Crippen molar-refractivity contribution in [2.45, 2.75) is 33.3 Å². The zero-order valence-corrected chi connectivity index (χ0v) is 24.2. The number of amides is 1. The number of aliphatic hydroxyl groups is 1. The second-order valence-electron chi connectivity index (χ2n) is 10.7. The number of aryl methyl sites for hydroxylation is 2. The van der Waals surface area contributed by atoms with Gasteiger partial charge in [-0.2, -0.15) is 0 Å². The number of halogens is 1. The van der Waals surface area contributed by atoms with Crippen molar-refractivity contribution in [3.8, 4) is 28.4 Å². The highest BCUT2D eigenvalue weighted by Gasteiger charge is 2.50. The van der Waals surface area contributed by atoms with Gasteiger partial charge in [0.2, 0.25) is 0 Å². The number of aliphatic hydroxyl groups excluding tert-OH is 1. The molecule has 2 fully saturated rings. The molecule has 0 radical (unpaired) electrons. The summed E-state index contributed by atoms with van der Waals surface area (Å²) in [6.45, 7) is 9.18. The van der Waals surface area contributed by atoms with Gasteiger partial charge in [-0.3, -0.25) is 0 Å². The van der Waals surface area contributed by atoms with Gasteiger partial charge in [0.05, 0.1) is 29.1 Å².